The number of amides is 1. The molecule has 0 atom stereocenters. The fraction of sp³-hybridized carbons (Fsp3) is 0.150. The van der Waals surface area contributed by atoms with Crippen LogP contribution in [0.5, 0.6) is 0 Å². The molecule has 27 heavy (non-hydrogen) atoms. The number of thiophene rings is 1. The van der Waals surface area contributed by atoms with Crippen LogP contribution >= 0.6 is 11.3 Å². The van der Waals surface area contributed by atoms with E-state index >= 15 is 0 Å². The monoisotopic (exact) mass is 379 g/mol. The number of nitrogens with zero attached hydrogens (tertiary/aromatic N) is 2. The number of hydrogen-bond acceptors (Lipinski definition) is 5. The van der Waals surface area contributed by atoms with Gasteiger partial charge < -0.3 is 9.73 Å². The lowest BCUT2D eigenvalue weighted by Gasteiger charge is -2.09. The van der Waals surface area contributed by atoms with Crippen LogP contribution in [0, 0.1) is 6.92 Å². The van der Waals surface area contributed by atoms with Gasteiger partial charge in [0.2, 0.25) is 5.91 Å². The Kier molecular flexibility index (Phi) is 4.60. The summed E-state index contributed by atoms with van der Waals surface area (Å²) in [6, 6.07) is 15.3. The summed E-state index contributed by atoms with van der Waals surface area (Å²) in [6.07, 6.45) is 1.55. The minimum Gasteiger partial charge on any atom is -0.467 e. The van der Waals surface area contributed by atoms with Gasteiger partial charge in [0.1, 0.15) is 23.0 Å². The summed E-state index contributed by atoms with van der Waals surface area (Å²) in [4.78, 5) is 31.3. The first-order valence-corrected chi connectivity index (χ1v) is 9.29. The number of furan rings is 1. The van der Waals surface area contributed by atoms with Gasteiger partial charge in [0.25, 0.3) is 5.56 Å². The largest absolute Gasteiger partial charge is 0.467 e. The van der Waals surface area contributed by atoms with Gasteiger partial charge in [-0.2, -0.15) is 0 Å². The zero-order chi connectivity index (χ0) is 18.8. The summed E-state index contributed by atoms with van der Waals surface area (Å²) >= 11 is 1.48. The van der Waals surface area contributed by atoms with Gasteiger partial charge in [-0.25, -0.2) is 4.98 Å². The van der Waals surface area contributed by atoms with Crippen molar-refractivity contribution >= 4 is 27.5 Å². The fourth-order valence-corrected chi connectivity index (χ4v) is 3.92. The van der Waals surface area contributed by atoms with Crippen molar-refractivity contribution in [3.05, 3.63) is 76.7 Å². The molecule has 1 N–H and O–H groups in total. The van der Waals surface area contributed by atoms with E-state index in [2.05, 4.69) is 10.3 Å². The maximum atomic E-state index is 12.9. The maximum Gasteiger partial charge on any atom is 0.262 e. The Labute approximate surface area is 159 Å². The number of carbonyl (C=O) groups is 1. The lowest BCUT2D eigenvalue weighted by Crippen LogP contribution is -2.33. The van der Waals surface area contributed by atoms with E-state index in [1.165, 1.54) is 15.9 Å². The molecule has 1 aromatic carbocycles. The molecule has 0 unspecified atom stereocenters. The molecule has 0 spiro atoms. The second-order valence-corrected chi connectivity index (χ2v) is 7.13. The van der Waals surface area contributed by atoms with Crippen LogP contribution in [-0.2, 0) is 17.9 Å². The molecule has 0 bridgehead atoms. The van der Waals surface area contributed by atoms with Crippen molar-refractivity contribution in [3.63, 3.8) is 0 Å². The molecule has 0 aliphatic heterocycles. The summed E-state index contributed by atoms with van der Waals surface area (Å²) in [5.74, 6) is 0.907. The standard InChI is InChI=1S/C20H17N3O3S/c1-13-22-19-16(10-17(27-19)14-6-3-2-4-7-14)20(25)23(13)12-18(24)21-11-15-8-5-9-26-15/h2-10H,11-12H2,1H3,(H,21,24). The van der Waals surface area contributed by atoms with E-state index in [4.69, 9.17) is 4.42 Å². The van der Waals surface area contributed by atoms with E-state index in [1.807, 2.05) is 36.4 Å². The van der Waals surface area contributed by atoms with Gasteiger partial charge in [0, 0.05) is 4.88 Å². The van der Waals surface area contributed by atoms with Crippen LogP contribution in [0.15, 0.2) is 64.0 Å². The highest BCUT2D eigenvalue weighted by atomic mass is 32.1. The minimum atomic E-state index is -0.267. The van der Waals surface area contributed by atoms with Crippen molar-refractivity contribution in [2.45, 2.75) is 20.0 Å². The van der Waals surface area contributed by atoms with E-state index in [9.17, 15) is 9.59 Å². The van der Waals surface area contributed by atoms with Crippen LogP contribution in [0.1, 0.15) is 11.6 Å². The average molecular weight is 379 g/mol. The third-order valence-electron chi connectivity index (χ3n) is 4.24. The summed E-state index contributed by atoms with van der Waals surface area (Å²) in [7, 11) is 0. The molecule has 0 aliphatic carbocycles. The first kappa shape index (κ1) is 17.2. The number of fused-ring (bicyclic) bond motifs is 1. The lowest BCUT2D eigenvalue weighted by atomic mass is 10.2. The quantitative estimate of drug-likeness (QED) is 0.577. The molecule has 3 heterocycles. The van der Waals surface area contributed by atoms with Crippen molar-refractivity contribution in [2.75, 3.05) is 0 Å². The number of aromatic nitrogens is 2. The number of benzene rings is 1. The van der Waals surface area contributed by atoms with E-state index in [-0.39, 0.29) is 24.6 Å². The Hall–Kier alpha value is -3.19. The third-order valence-corrected chi connectivity index (χ3v) is 5.32. The minimum absolute atomic E-state index is 0.0785. The van der Waals surface area contributed by atoms with Gasteiger partial charge in [-0.15, -0.1) is 11.3 Å². The topological polar surface area (TPSA) is 77.1 Å². The predicted octanol–water partition coefficient (Wildman–Crippen LogP) is 3.34. The van der Waals surface area contributed by atoms with Crippen molar-refractivity contribution in [1.29, 1.82) is 0 Å². The Morgan fingerprint density at radius 3 is 2.78 bits per heavy atom. The second-order valence-electron chi connectivity index (χ2n) is 6.10. The third kappa shape index (κ3) is 3.54. The summed E-state index contributed by atoms with van der Waals surface area (Å²) < 4.78 is 6.59. The summed E-state index contributed by atoms with van der Waals surface area (Å²) in [6.45, 7) is 1.94. The highest BCUT2D eigenvalue weighted by molar-refractivity contribution is 7.21. The van der Waals surface area contributed by atoms with Crippen LogP contribution in [0.3, 0.4) is 0 Å². The van der Waals surface area contributed by atoms with Crippen LogP contribution in [0.2, 0.25) is 0 Å². The van der Waals surface area contributed by atoms with E-state index < -0.39 is 0 Å². The molecule has 136 valence electrons. The fourth-order valence-electron chi connectivity index (χ4n) is 2.85. The first-order chi connectivity index (χ1) is 13.1. The number of carbonyl (C=O) groups excluding carboxylic acids is 1. The van der Waals surface area contributed by atoms with E-state index in [0.717, 1.165) is 10.4 Å². The molecule has 7 heteroatoms. The van der Waals surface area contributed by atoms with Gasteiger partial charge in [0.15, 0.2) is 0 Å². The zero-order valence-electron chi connectivity index (χ0n) is 14.6. The molecule has 0 saturated heterocycles. The highest BCUT2D eigenvalue weighted by Crippen LogP contribution is 2.30. The zero-order valence-corrected chi connectivity index (χ0v) is 15.5. The first-order valence-electron chi connectivity index (χ1n) is 8.47. The van der Waals surface area contributed by atoms with Gasteiger partial charge in [-0.1, -0.05) is 30.3 Å². The van der Waals surface area contributed by atoms with Crippen molar-refractivity contribution in [1.82, 2.24) is 14.9 Å². The predicted molar refractivity (Wildman–Crippen MR) is 105 cm³/mol. The summed E-state index contributed by atoms with van der Waals surface area (Å²) in [5.41, 5.74) is 0.837. The smallest absolute Gasteiger partial charge is 0.262 e. The van der Waals surface area contributed by atoms with Crippen LogP contribution in [0.25, 0.3) is 20.7 Å². The van der Waals surface area contributed by atoms with Crippen LogP contribution in [0.4, 0.5) is 0 Å². The molecule has 6 nitrogen and oxygen atoms in total. The van der Waals surface area contributed by atoms with Crippen molar-refractivity contribution in [3.8, 4) is 10.4 Å². The van der Waals surface area contributed by atoms with E-state index in [0.29, 0.717) is 21.8 Å². The van der Waals surface area contributed by atoms with Gasteiger partial charge in [-0.05, 0) is 30.7 Å². The molecule has 4 aromatic rings. The Bertz CT molecular complexity index is 1140. The Balaban J connectivity index is 1.61. The number of aryl methyl sites for hydroxylation is 1. The lowest BCUT2D eigenvalue weighted by molar-refractivity contribution is -0.122. The highest BCUT2D eigenvalue weighted by Gasteiger charge is 2.15. The van der Waals surface area contributed by atoms with Gasteiger partial charge in [0.05, 0.1) is 18.2 Å². The summed E-state index contributed by atoms with van der Waals surface area (Å²) in [5, 5.41) is 3.28. The molecular weight excluding hydrogens is 362 g/mol. The normalized spacial score (nSPS) is 11.0. The number of rotatable bonds is 5. The molecule has 0 saturated carbocycles. The van der Waals surface area contributed by atoms with Gasteiger partial charge >= 0.3 is 0 Å². The molecule has 0 fully saturated rings. The van der Waals surface area contributed by atoms with Crippen molar-refractivity contribution in [2.24, 2.45) is 0 Å². The van der Waals surface area contributed by atoms with Crippen LogP contribution in [-0.4, -0.2) is 15.5 Å². The van der Waals surface area contributed by atoms with Gasteiger partial charge in [-0.3, -0.25) is 14.2 Å². The SMILES string of the molecule is Cc1nc2sc(-c3ccccc3)cc2c(=O)n1CC(=O)NCc1ccco1. The number of hydrogen-bond donors (Lipinski definition) is 1. The second kappa shape index (κ2) is 7.20. The Morgan fingerprint density at radius 1 is 1.22 bits per heavy atom. The molecule has 3 aromatic heterocycles. The molecular formula is C20H17N3O3S. The van der Waals surface area contributed by atoms with Crippen LogP contribution < -0.4 is 10.9 Å². The molecule has 1 amide bonds. The van der Waals surface area contributed by atoms with Crippen molar-refractivity contribution < 1.29 is 9.21 Å². The molecule has 0 radical (unpaired) electrons. The average Bonchev–Trinajstić information content (AvgIpc) is 3.34. The molecule has 0 aliphatic rings. The maximum absolute atomic E-state index is 12.9. The Morgan fingerprint density at radius 2 is 2.04 bits per heavy atom. The number of nitrogens with one attached hydrogen (secondary N) is 1. The van der Waals surface area contributed by atoms with E-state index in [1.54, 1.807) is 25.3 Å². The molecule has 4 rings (SSSR count).